The highest BCUT2D eigenvalue weighted by Gasteiger charge is 2.49. The van der Waals surface area contributed by atoms with Crippen LogP contribution in [0.25, 0.3) is 21.6 Å². The predicted octanol–water partition coefficient (Wildman–Crippen LogP) is -1.49. The van der Waals surface area contributed by atoms with Crippen molar-refractivity contribution in [2.75, 3.05) is 18.5 Å². The lowest BCUT2D eigenvalue weighted by Crippen LogP contribution is -2.37. The third kappa shape index (κ3) is 5.02. The molecule has 2 aromatic heterocycles. The van der Waals surface area contributed by atoms with Gasteiger partial charge in [-0.15, -0.1) is 0 Å². The number of nitrogens with zero attached hydrogens (tertiary/aromatic N) is 7. The summed E-state index contributed by atoms with van der Waals surface area (Å²) in [6.07, 6.45) is -11.5. The number of anilines is 1. The molecule has 9 atom stereocenters. The summed E-state index contributed by atoms with van der Waals surface area (Å²) in [5.41, 5.74) is 8.94. The largest absolute Gasteiger partial charge is 0.483 e. The third-order valence-electron chi connectivity index (χ3n) is 5.83. The molecule has 3 aliphatic heterocycles. The molecule has 0 aliphatic carbocycles. The molecule has 7 N–H and O–H groups in total. The van der Waals surface area contributed by atoms with Gasteiger partial charge in [0.1, 0.15) is 43.0 Å². The summed E-state index contributed by atoms with van der Waals surface area (Å²) in [7, 11) is -10.6. The number of aliphatic hydroxyl groups excluding tert-OH is 4. The number of phosphoric acid groups is 2. The van der Waals surface area contributed by atoms with Crippen LogP contribution in [0.2, 0.25) is 0 Å². The first kappa shape index (κ1) is 27.3. The molecule has 2 aromatic rings. The second-order valence-corrected chi connectivity index (χ2v) is 11.3. The van der Waals surface area contributed by atoms with Crippen LogP contribution in [0.3, 0.4) is 0 Å². The molecule has 5 heterocycles. The molecule has 2 saturated heterocycles. The van der Waals surface area contributed by atoms with Crippen molar-refractivity contribution in [2.45, 2.75) is 49.1 Å². The average molecular weight is 582 g/mol. The first-order chi connectivity index (χ1) is 17.9. The number of aliphatic hydroxyl groups is 4. The van der Waals surface area contributed by atoms with E-state index in [0.29, 0.717) is 0 Å². The van der Waals surface area contributed by atoms with Gasteiger partial charge in [0.05, 0.1) is 13.2 Å². The molecule has 21 nitrogen and oxygen atoms in total. The quantitative estimate of drug-likeness (QED) is 0.0938. The highest BCUT2D eigenvalue weighted by molar-refractivity contribution is 7.61. The molecule has 8 bridgehead atoms. The monoisotopic (exact) mass is 582 g/mol. The van der Waals surface area contributed by atoms with Gasteiger partial charge in [-0.25, -0.2) is 24.1 Å². The number of phosphoric ester groups is 1. The summed E-state index contributed by atoms with van der Waals surface area (Å²) in [6.45, 7) is -1.74. The molecule has 38 heavy (non-hydrogen) atoms. The Kier molecular flexibility index (Phi) is 7.18. The van der Waals surface area contributed by atoms with Crippen molar-refractivity contribution in [3.8, 4) is 0 Å². The summed E-state index contributed by atoms with van der Waals surface area (Å²) in [4.78, 5) is 33.3. The fourth-order valence-electron chi connectivity index (χ4n) is 4.11. The Labute approximate surface area is 210 Å². The zero-order valence-electron chi connectivity index (χ0n) is 18.7. The number of aromatic nitrogens is 4. The number of azide groups is 1. The van der Waals surface area contributed by atoms with E-state index in [0.717, 1.165) is 10.9 Å². The van der Waals surface area contributed by atoms with Crippen molar-refractivity contribution in [3.05, 3.63) is 16.8 Å². The van der Waals surface area contributed by atoms with Gasteiger partial charge in [0.15, 0.2) is 29.4 Å². The van der Waals surface area contributed by atoms with Crippen LogP contribution in [0.1, 0.15) is 6.23 Å². The number of fused-ring (bicyclic) bond motifs is 5. The molecule has 208 valence electrons. The van der Waals surface area contributed by atoms with E-state index in [2.05, 4.69) is 34.6 Å². The third-order valence-corrected chi connectivity index (χ3v) is 8.41. The zero-order chi connectivity index (χ0) is 27.4. The van der Waals surface area contributed by atoms with E-state index >= 15 is 0 Å². The van der Waals surface area contributed by atoms with Crippen LogP contribution in [0, 0.1) is 0 Å². The Morgan fingerprint density at radius 1 is 1.11 bits per heavy atom. The maximum atomic E-state index is 13.0. The van der Waals surface area contributed by atoms with Crippen LogP contribution in [-0.4, -0.2) is 106 Å². The number of imidazole rings is 1. The van der Waals surface area contributed by atoms with Gasteiger partial charge in [0, 0.05) is 4.91 Å². The van der Waals surface area contributed by atoms with Gasteiger partial charge in [0.25, 0.3) is 0 Å². The van der Waals surface area contributed by atoms with Crippen molar-refractivity contribution in [1.82, 2.24) is 19.5 Å². The molecule has 2 fully saturated rings. The minimum Gasteiger partial charge on any atom is -0.387 e. The van der Waals surface area contributed by atoms with E-state index in [1.807, 2.05) is 0 Å². The van der Waals surface area contributed by atoms with Crippen LogP contribution in [0.5, 0.6) is 0 Å². The number of hydrogen-bond acceptors (Lipinski definition) is 16. The SMILES string of the molecule is [N-]=[N+]=Nc1nc2c3ncnc2n1C1OC(COP(=O)(OP(=O)(O)O)OCC2OC(N3)C(O)C2O)C(O)C1O. The zero-order valence-corrected chi connectivity index (χ0v) is 20.5. The van der Waals surface area contributed by atoms with Crippen LogP contribution < -0.4 is 5.32 Å². The lowest BCUT2D eigenvalue weighted by atomic mass is 10.1. The average Bonchev–Trinajstić information content (AvgIpc) is 3.43. The molecule has 0 amide bonds. The molecule has 5 rings (SSSR count). The van der Waals surface area contributed by atoms with E-state index < -0.39 is 77.9 Å². The molecule has 3 aliphatic rings. The van der Waals surface area contributed by atoms with Gasteiger partial charge < -0.3 is 45.0 Å². The van der Waals surface area contributed by atoms with E-state index in [1.165, 1.54) is 0 Å². The Morgan fingerprint density at radius 3 is 2.42 bits per heavy atom. The normalized spacial score (nSPS) is 37.7. The van der Waals surface area contributed by atoms with Gasteiger partial charge >= 0.3 is 15.6 Å². The molecular formula is C15H20N8O13P2. The summed E-state index contributed by atoms with van der Waals surface area (Å²) >= 11 is 0. The second kappa shape index (κ2) is 10.0. The van der Waals surface area contributed by atoms with Gasteiger partial charge in [-0.1, -0.05) is 0 Å². The molecule has 0 saturated carbocycles. The smallest absolute Gasteiger partial charge is 0.387 e. The lowest BCUT2D eigenvalue weighted by molar-refractivity contribution is -0.0539. The maximum Gasteiger partial charge on any atom is 0.483 e. The van der Waals surface area contributed by atoms with Gasteiger partial charge in [-0.3, -0.25) is 13.6 Å². The van der Waals surface area contributed by atoms with Gasteiger partial charge in [0.2, 0.25) is 5.95 Å². The number of rotatable bonds is 3. The Morgan fingerprint density at radius 2 is 1.76 bits per heavy atom. The fraction of sp³-hybridized carbons (Fsp3) is 0.667. The molecule has 23 heteroatoms. The first-order valence-corrected chi connectivity index (χ1v) is 13.6. The van der Waals surface area contributed by atoms with Gasteiger partial charge in [-0.05, 0) is 10.6 Å². The van der Waals surface area contributed by atoms with E-state index in [9.17, 15) is 39.3 Å². The van der Waals surface area contributed by atoms with Crippen LogP contribution >= 0.6 is 15.6 Å². The van der Waals surface area contributed by atoms with Crippen molar-refractivity contribution in [3.63, 3.8) is 0 Å². The van der Waals surface area contributed by atoms with Crippen LogP contribution in [-0.2, 0) is 32.0 Å². The number of nitrogens with one attached hydrogen (secondary N) is 1. The number of hydrogen-bond donors (Lipinski definition) is 7. The summed E-state index contributed by atoms with van der Waals surface area (Å²) in [5.74, 6) is -0.450. The van der Waals surface area contributed by atoms with Gasteiger partial charge in [-0.2, -0.15) is 4.31 Å². The molecular weight excluding hydrogens is 562 g/mol. The minimum absolute atomic E-state index is 0.0310. The topological polar surface area (TPSA) is 306 Å². The molecule has 0 radical (unpaired) electrons. The van der Waals surface area contributed by atoms with E-state index in [1.54, 1.807) is 0 Å². The van der Waals surface area contributed by atoms with E-state index in [-0.39, 0.29) is 22.9 Å². The summed E-state index contributed by atoms with van der Waals surface area (Å²) in [5, 5.41) is 48.2. The maximum absolute atomic E-state index is 13.0. The standard InChI is InChI=1S/C15H20N8O13P2/c16-22-21-15-19-6-11-17-3-18-12(6)23(15)14-10(27)8(25)5(35-14)2-33-38(31,36-37(28,29)30)32-1-4-7(24)9(26)13(20-11)34-4/h3-5,7-10,13-14,24-27H,1-2H2,(H,17,18,20)(H2,28,29,30). The van der Waals surface area contributed by atoms with Crippen LogP contribution in [0.15, 0.2) is 11.4 Å². The second-order valence-electron chi connectivity index (χ2n) is 8.24. The summed E-state index contributed by atoms with van der Waals surface area (Å²) in [6, 6.07) is 0. The summed E-state index contributed by atoms with van der Waals surface area (Å²) < 4.78 is 50.7. The predicted molar refractivity (Wildman–Crippen MR) is 117 cm³/mol. The van der Waals surface area contributed by atoms with Crippen molar-refractivity contribution in [1.29, 1.82) is 0 Å². The Hall–Kier alpha value is -2.32. The fourth-order valence-corrected chi connectivity index (χ4v) is 6.27. The number of ether oxygens (including phenoxy) is 2. The Bertz CT molecular complexity index is 1370. The highest BCUT2D eigenvalue weighted by Crippen LogP contribution is 2.61. The van der Waals surface area contributed by atoms with Crippen LogP contribution in [0.4, 0.5) is 11.8 Å². The van der Waals surface area contributed by atoms with Crippen molar-refractivity contribution in [2.24, 2.45) is 5.11 Å². The minimum atomic E-state index is -5.47. The lowest BCUT2D eigenvalue weighted by Gasteiger charge is -2.23. The van der Waals surface area contributed by atoms with Crippen molar-refractivity contribution < 1.29 is 62.2 Å². The molecule has 0 aromatic carbocycles. The Balaban J connectivity index is 1.61. The van der Waals surface area contributed by atoms with Crippen molar-refractivity contribution >= 4 is 38.6 Å². The first-order valence-electron chi connectivity index (χ1n) is 10.6. The highest BCUT2D eigenvalue weighted by atomic mass is 31.3. The van der Waals surface area contributed by atoms with E-state index in [4.69, 9.17) is 24.1 Å². The molecule has 9 unspecified atom stereocenters. The molecule has 0 spiro atoms.